The molecule has 0 unspecified atom stereocenters. The van der Waals surface area contributed by atoms with Crippen LogP contribution in [0.2, 0.25) is 0 Å². The third-order valence-corrected chi connectivity index (χ3v) is 5.15. The van der Waals surface area contributed by atoms with Crippen LogP contribution in [0.15, 0.2) is 71.5 Å². The quantitative estimate of drug-likeness (QED) is 0.531. The van der Waals surface area contributed by atoms with Crippen LogP contribution >= 0.6 is 11.3 Å². The molecule has 3 heterocycles. The average molecular weight is 390 g/mol. The van der Waals surface area contributed by atoms with Gasteiger partial charge in [-0.2, -0.15) is 0 Å². The Balaban J connectivity index is 1.68. The molecule has 1 amide bonds. The van der Waals surface area contributed by atoms with Crippen molar-refractivity contribution < 1.29 is 9.21 Å². The van der Waals surface area contributed by atoms with E-state index in [2.05, 4.69) is 15.3 Å². The van der Waals surface area contributed by atoms with Gasteiger partial charge >= 0.3 is 0 Å². The highest BCUT2D eigenvalue weighted by Crippen LogP contribution is 2.34. The second-order valence-electron chi connectivity index (χ2n) is 6.29. The van der Waals surface area contributed by atoms with E-state index in [-0.39, 0.29) is 5.91 Å². The number of amides is 1. The zero-order valence-corrected chi connectivity index (χ0v) is 16.2. The molecule has 28 heavy (non-hydrogen) atoms. The van der Waals surface area contributed by atoms with Crippen LogP contribution in [-0.4, -0.2) is 30.0 Å². The lowest BCUT2D eigenvalue weighted by molar-refractivity contribution is 0.103. The summed E-state index contributed by atoms with van der Waals surface area (Å²) < 4.78 is 5.46. The molecule has 0 aliphatic rings. The maximum atomic E-state index is 13.0. The number of benzene rings is 1. The van der Waals surface area contributed by atoms with Crippen molar-refractivity contribution in [2.45, 2.75) is 0 Å². The Kier molecular flexibility index (Phi) is 4.90. The van der Waals surface area contributed by atoms with E-state index < -0.39 is 0 Å². The fourth-order valence-electron chi connectivity index (χ4n) is 2.68. The van der Waals surface area contributed by atoms with Gasteiger partial charge in [-0.1, -0.05) is 30.3 Å². The molecule has 0 radical (unpaired) electrons. The molecule has 0 spiro atoms. The van der Waals surface area contributed by atoms with Gasteiger partial charge in [0.15, 0.2) is 10.8 Å². The molecule has 0 atom stereocenters. The summed E-state index contributed by atoms with van der Waals surface area (Å²) in [4.78, 5) is 24.4. The van der Waals surface area contributed by atoms with E-state index >= 15 is 0 Å². The van der Waals surface area contributed by atoms with Gasteiger partial charge in [-0.3, -0.25) is 4.79 Å². The molecule has 140 valence electrons. The minimum atomic E-state index is -0.228. The van der Waals surface area contributed by atoms with Gasteiger partial charge < -0.3 is 14.6 Å². The van der Waals surface area contributed by atoms with Crippen molar-refractivity contribution in [3.05, 3.63) is 71.9 Å². The topological polar surface area (TPSA) is 71.3 Å². The number of anilines is 2. The first-order chi connectivity index (χ1) is 13.6. The third kappa shape index (κ3) is 3.65. The normalized spacial score (nSPS) is 10.6. The Morgan fingerprint density at radius 1 is 1.07 bits per heavy atom. The van der Waals surface area contributed by atoms with Crippen LogP contribution in [0, 0.1) is 0 Å². The molecule has 6 nitrogen and oxygen atoms in total. The van der Waals surface area contributed by atoms with Gasteiger partial charge in [-0.15, -0.1) is 11.3 Å². The summed E-state index contributed by atoms with van der Waals surface area (Å²) >= 11 is 1.30. The number of hydrogen-bond donors (Lipinski definition) is 1. The van der Waals surface area contributed by atoms with Gasteiger partial charge in [0.25, 0.3) is 5.91 Å². The molecule has 1 N–H and O–H groups in total. The highest BCUT2D eigenvalue weighted by Gasteiger charge is 2.21. The van der Waals surface area contributed by atoms with Crippen molar-refractivity contribution in [2.75, 3.05) is 24.3 Å². The fourth-order valence-corrected chi connectivity index (χ4v) is 3.63. The molecule has 0 aliphatic heterocycles. The number of thiazole rings is 1. The molecule has 4 aromatic rings. The van der Waals surface area contributed by atoms with Gasteiger partial charge in [0, 0.05) is 19.7 Å². The molecule has 1 aromatic carbocycles. The molecular formula is C21H18N4O2S. The Morgan fingerprint density at radius 3 is 2.54 bits per heavy atom. The van der Waals surface area contributed by atoms with Crippen LogP contribution in [-0.2, 0) is 0 Å². The molecule has 0 bridgehead atoms. The molecule has 0 saturated heterocycles. The lowest BCUT2D eigenvalue weighted by Crippen LogP contribution is -2.13. The lowest BCUT2D eigenvalue weighted by atomic mass is 10.1. The monoisotopic (exact) mass is 390 g/mol. The zero-order valence-electron chi connectivity index (χ0n) is 15.4. The van der Waals surface area contributed by atoms with E-state index in [9.17, 15) is 4.79 Å². The van der Waals surface area contributed by atoms with Crippen LogP contribution in [0.25, 0.3) is 22.0 Å². The van der Waals surface area contributed by atoms with Crippen molar-refractivity contribution in [3.8, 4) is 22.0 Å². The largest absolute Gasteiger partial charge is 0.462 e. The van der Waals surface area contributed by atoms with Gasteiger partial charge in [-0.05, 0) is 24.3 Å². The first-order valence-electron chi connectivity index (χ1n) is 8.66. The van der Waals surface area contributed by atoms with E-state index in [1.165, 1.54) is 11.3 Å². The minimum absolute atomic E-state index is 0.228. The highest BCUT2D eigenvalue weighted by atomic mass is 32.1. The number of nitrogens with one attached hydrogen (secondary N) is 1. The third-order valence-electron chi connectivity index (χ3n) is 4.08. The predicted octanol–water partition coefficient (Wildman–Crippen LogP) is 4.78. The number of hydrogen-bond acceptors (Lipinski definition) is 6. The van der Waals surface area contributed by atoms with Crippen molar-refractivity contribution in [1.82, 2.24) is 9.97 Å². The molecule has 4 rings (SSSR count). The first-order valence-corrected chi connectivity index (χ1v) is 9.48. The number of furan rings is 1. The van der Waals surface area contributed by atoms with E-state index in [4.69, 9.17) is 4.42 Å². The van der Waals surface area contributed by atoms with Crippen LogP contribution in [0.3, 0.4) is 0 Å². The summed E-state index contributed by atoms with van der Waals surface area (Å²) in [7, 11) is 3.83. The molecular weight excluding hydrogens is 372 g/mol. The first kappa shape index (κ1) is 17.9. The van der Waals surface area contributed by atoms with Crippen LogP contribution in [0.4, 0.5) is 11.5 Å². The Labute approximate surface area is 166 Å². The van der Waals surface area contributed by atoms with E-state index in [0.29, 0.717) is 27.0 Å². The number of carbonyl (C=O) groups excluding carboxylic acids is 1. The summed E-state index contributed by atoms with van der Waals surface area (Å²) in [6.07, 6.45) is 3.24. The lowest BCUT2D eigenvalue weighted by Gasteiger charge is -2.11. The number of nitrogens with zero attached hydrogens (tertiary/aromatic N) is 3. The molecule has 3 aromatic heterocycles. The summed E-state index contributed by atoms with van der Waals surface area (Å²) in [6, 6.07) is 17.0. The van der Waals surface area contributed by atoms with Crippen LogP contribution in [0.5, 0.6) is 0 Å². The van der Waals surface area contributed by atoms with Crippen LogP contribution in [0.1, 0.15) is 9.67 Å². The second-order valence-corrected chi connectivity index (χ2v) is 7.29. The highest BCUT2D eigenvalue weighted by molar-refractivity contribution is 7.17. The van der Waals surface area contributed by atoms with Crippen molar-refractivity contribution in [2.24, 2.45) is 0 Å². The van der Waals surface area contributed by atoms with Crippen LogP contribution < -0.4 is 10.2 Å². The Morgan fingerprint density at radius 2 is 1.89 bits per heavy atom. The Bertz CT molecular complexity index is 1070. The number of rotatable bonds is 5. The number of carbonyl (C=O) groups is 1. The predicted molar refractivity (Wildman–Crippen MR) is 112 cm³/mol. The van der Waals surface area contributed by atoms with Crippen molar-refractivity contribution in [3.63, 3.8) is 0 Å². The van der Waals surface area contributed by atoms with Gasteiger partial charge in [0.1, 0.15) is 10.7 Å². The molecule has 0 saturated carbocycles. The van der Waals surface area contributed by atoms with E-state index in [1.54, 1.807) is 18.5 Å². The number of aromatic nitrogens is 2. The van der Waals surface area contributed by atoms with Gasteiger partial charge in [0.05, 0.1) is 23.8 Å². The van der Waals surface area contributed by atoms with E-state index in [1.807, 2.05) is 67.5 Å². The summed E-state index contributed by atoms with van der Waals surface area (Å²) in [5.41, 5.74) is 2.14. The maximum Gasteiger partial charge on any atom is 0.268 e. The smallest absolute Gasteiger partial charge is 0.268 e. The number of pyridine rings is 1. The maximum absolute atomic E-state index is 13.0. The molecule has 0 fully saturated rings. The van der Waals surface area contributed by atoms with Crippen molar-refractivity contribution >= 4 is 28.7 Å². The van der Waals surface area contributed by atoms with Gasteiger partial charge in [0.2, 0.25) is 0 Å². The zero-order chi connectivity index (χ0) is 19.5. The summed E-state index contributed by atoms with van der Waals surface area (Å²) in [5.74, 6) is 1.23. The summed E-state index contributed by atoms with van der Waals surface area (Å²) in [5, 5.41) is 3.58. The fraction of sp³-hybridized carbons (Fsp3) is 0.0952. The minimum Gasteiger partial charge on any atom is -0.462 e. The van der Waals surface area contributed by atoms with Crippen molar-refractivity contribution in [1.29, 1.82) is 0 Å². The second kappa shape index (κ2) is 7.66. The Hall–Kier alpha value is -3.45. The average Bonchev–Trinajstić information content (AvgIpc) is 3.39. The molecule has 0 aliphatic carbocycles. The standard InChI is InChI=1S/C21H18N4O2S/c1-25(2)17-11-10-15(13-22-17)23-20(26)19-18(14-7-4-3-5-8-14)24-21(28-19)16-9-6-12-27-16/h3-13H,1-2H3,(H,23,26). The van der Waals surface area contributed by atoms with E-state index in [0.717, 1.165) is 11.4 Å². The SMILES string of the molecule is CN(C)c1ccc(NC(=O)c2sc(-c3ccco3)nc2-c2ccccc2)cn1. The molecule has 7 heteroatoms. The van der Waals surface area contributed by atoms with Gasteiger partial charge in [-0.25, -0.2) is 9.97 Å². The summed E-state index contributed by atoms with van der Waals surface area (Å²) in [6.45, 7) is 0.